The number of halogens is 1. The number of benzene rings is 1. The molecule has 0 saturated heterocycles. The van der Waals surface area contributed by atoms with E-state index in [1.165, 1.54) is 16.4 Å². The first-order valence-corrected chi connectivity index (χ1v) is 13.0. The van der Waals surface area contributed by atoms with Gasteiger partial charge in [-0.15, -0.1) is 5.10 Å². The minimum absolute atomic E-state index is 0.00792. The molecular weight excluding hydrogens is 473 g/mol. The van der Waals surface area contributed by atoms with Crippen LogP contribution in [0, 0.1) is 11.7 Å². The van der Waals surface area contributed by atoms with Crippen molar-refractivity contribution in [3.05, 3.63) is 52.8 Å². The lowest BCUT2D eigenvalue weighted by molar-refractivity contribution is 0.102. The maximum absolute atomic E-state index is 14.8. The smallest absolute Gasteiger partial charge is 0.259 e. The summed E-state index contributed by atoms with van der Waals surface area (Å²) >= 11 is 0. The Bertz CT molecular complexity index is 1350. The predicted molar refractivity (Wildman–Crippen MR) is 129 cm³/mol. The summed E-state index contributed by atoms with van der Waals surface area (Å²) in [7, 11) is -3.44. The molecule has 0 aliphatic carbocycles. The quantitative estimate of drug-likeness (QED) is 0.528. The Kier molecular flexibility index (Phi) is 6.95. The van der Waals surface area contributed by atoms with E-state index in [2.05, 4.69) is 25.8 Å². The van der Waals surface area contributed by atoms with Crippen LogP contribution in [-0.4, -0.2) is 56.1 Å². The minimum atomic E-state index is -3.44. The van der Waals surface area contributed by atoms with Gasteiger partial charge in [-0.3, -0.25) is 4.79 Å². The van der Waals surface area contributed by atoms with Crippen LogP contribution in [0.15, 0.2) is 30.3 Å². The molecule has 0 spiro atoms. The molecule has 0 unspecified atom stereocenters. The van der Waals surface area contributed by atoms with Crippen LogP contribution in [0.25, 0.3) is 11.5 Å². The fourth-order valence-electron chi connectivity index (χ4n) is 4.01. The van der Waals surface area contributed by atoms with Crippen LogP contribution in [0.4, 0.5) is 10.2 Å². The van der Waals surface area contributed by atoms with Crippen molar-refractivity contribution in [2.75, 3.05) is 17.6 Å². The highest BCUT2D eigenvalue weighted by Crippen LogP contribution is 2.26. The number of nitrogens with one attached hydrogen (secondary N) is 1. The number of sulfonamides is 1. The highest BCUT2D eigenvalue weighted by Gasteiger charge is 2.29. The van der Waals surface area contributed by atoms with Gasteiger partial charge in [-0.05, 0) is 72.0 Å². The topological polar surface area (TPSA) is 123 Å². The summed E-state index contributed by atoms with van der Waals surface area (Å²) in [6, 6.07) is 7.75. The van der Waals surface area contributed by atoms with Crippen molar-refractivity contribution in [1.82, 2.24) is 29.5 Å². The lowest BCUT2D eigenvalue weighted by Gasteiger charge is -2.29. The predicted octanol–water partition coefficient (Wildman–Crippen LogP) is 3.05. The van der Waals surface area contributed by atoms with Gasteiger partial charge in [-0.25, -0.2) is 22.5 Å². The summed E-state index contributed by atoms with van der Waals surface area (Å²) in [5.74, 6) is -0.661. The Labute approximate surface area is 203 Å². The molecule has 0 bridgehead atoms. The van der Waals surface area contributed by atoms with Crippen LogP contribution >= 0.6 is 0 Å². The molecule has 0 radical (unpaired) electrons. The van der Waals surface area contributed by atoms with Crippen molar-refractivity contribution in [2.45, 2.75) is 46.7 Å². The molecule has 1 aromatic carbocycles. The molecule has 3 heterocycles. The molecule has 1 aliphatic rings. The van der Waals surface area contributed by atoms with Crippen LogP contribution < -0.4 is 5.32 Å². The van der Waals surface area contributed by atoms with Crippen molar-refractivity contribution in [2.24, 2.45) is 5.92 Å². The number of tetrazole rings is 1. The van der Waals surface area contributed by atoms with E-state index in [-0.39, 0.29) is 35.6 Å². The minimum Gasteiger partial charge on any atom is -0.306 e. The number of amides is 1. The van der Waals surface area contributed by atoms with Crippen molar-refractivity contribution < 1.29 is 17.6 Å². The summed E-state index contributed by atoms with van der Waals surface area (Å²) in [6.07, 6.45) is 0.389. The third-order valence-electron chi connectivity index (χ3n) is 5.65. The number of nitrogens with zero attached hydrogens (tertiary/aromatic N) is 6. The van der Waals surface area contributed by atoms with Gasteiger partial charge >= 0.3 is 0 Å². The summed E-state index contributed by atoms with van der Waals surface area (Å²) < 4.78 is 43.2. The van der Waals surface area contributed by atoms with Gasteiger partial charge in [0.25, 0.3) is 5.91 Å². The number of carbonyl (C=O) groups excluding carboxylic acids is 1. The van der Waals surface area contributed by atoms with E-state index < -0.39 is 21.7 Å². The van der Waals surface area contributed by atoms with Crippen molar-refractivity contribution in [3.63, 3.8) is 0 Å². The Balaban J connectivity index is 1.57. The molecule has 0 fully saturated rings. The Morgan fingerprint density at radius 3 is 2.66 bits per heavy atom. The molecule has 12 heteroatoms. The van der Waals surface area contributed by atoms with E-state index in [4.69, 9.17) is 0 Å². The van der Waals surface area contributed by atoms with Crippen molar-refractivity contribution >= 4 is 21.7 Å². The molecule has 2 aromatic heterocycles. The number of carbonyl (C=O) groups is 1. The van der Waals surface area contributed by atoms with Crippen LogP contribution in [-0.2, 0) is 23.0 Å². The van der Waals surface area contributed by atoms with Gasteiger partial charge in [0.05, 0.1) is 17.4 Å². The van der Waals surface area contributed by atoms with E-state index in [0.29, 0.717) is 35.6 Å². The summed E-state index contributed by atoms with van der Waals surface area (Å²) in [5, 5.41) is 14.3. The number of hydrogen-bond donors (Lipinski definition) is 1. The standard InChI is InChI=1S/C23H28FN7O3S/c1-14(2)13-35(33,34)30-9-8-16-11-19(24)18(10-17(16)12-30)23(32)26-21-7-5-6-20(25-21)22-27-28-29-31(22)15(3)4/h5-7,10-11,14-15H,8-9,12-13H2,1-4H3,(H,25,26,32). The maximum atomic E-state index is 14.8. The molecule has 0 saturated carbocycles. The zero-order valence-electron chi connectivity index (χ0n) is 20.1. The normalized spacial score (nSPS) is 14.4. The molecule has 186 valence electrons. The summed E-state index contributed by atoms with van der Waals surface area (Å²) in [6.45, 7) is 7.95. The number of rotatable bonds is 7. The molecule has 3 aromatic rings. The maximum Gasteiger partial charge on any atom is 0.259 e. The Morgan fingerprint density at radius 2 is 1.94 bits per heavy atom. The van der Waals surface area contributed by atoms with Crippen LogP contribution in [0.3, 0.4) is 0 Å². The zero-order valence-corrected chi connectivity index (χ0v) is 20.9. The molecular formula is C23H28FN7O3S. The number of pyridine rings is 1. The Morgan fingerprint density at radius 1 is 1.17 bits per heavy atom. The molecule has 0 atom stereocenters. The second-order valence-electron chi connectivity index (χ2n) is 9.26. The lowest BCUT2D eigenvalue weighted by Crippen LogP contribution is -2.38. The molecule has 1 N–H and O–H groups in total. The van der Waals surface area contributed by atoms with Crippen LogP contribution in [0.5, 0.6) is 0 Å². The monoisotopic (exact) mass is 501 g/mol. The fraction of sp³-hybridized carbons (Fsp3) is 0.435. The average molecular weight is 502 g/mol. The first-order valence-electron chi connectivity index (χ1n) is 11.4. The van der Waals surface area contributed by atoms with Crippen LogP contribution in [0.2, 0.25) is 0 Å². The first-order chi connectivity index (χ1) is 16.5. The number of hydrogen-bond acceptors (Lipinski definition) is 7. The summed E-state index contributed by atoms with van der Waals surface area (Å²) in [4.78, 5) is 17.4. The van der Waals surface area contributed by atoms with Crippen LogP contribution in [0.1, 0.15) is 55.2 Å². The molecule has 10 nitrogen and oxygen atoms in total. The molecule has 35 heavy (non-hydrogen) atoms. The fourth-order valence-corrected chi connectivity index (χ4v) is 5.77. The molecule has 4 rings (SSSR count). The lowest BCUT2D eigenvalue weighted by atomic mass is 9.97. The van der Waals surface area contributed by atoms with Crippen molar-refractivity contribution in [3.8, 4) is 11.5 Å². The highest BCUT2D eigenvalue weighted by atomic mass is 32.2. The van der Waals surface area contributed by atoms with Gasteiger partial charge in [0, 0.05) is 13.1 Å². The first kappa shape index (κ1) is 24.9. The van der Waals surface area contributed by atoms with Gasteiger partial charge in [-0.1, -0.05) is 19.9 Å². The van der Waals surface area contributed by atoms with Crippen molar-refractivity contribution in [1.29, 1.82) is 0 Å². The van der Waals surface area contributed by atoms with Gasteiger partial charge in [0.15, 0.2) is 0 Å². The van der Waals surface area contributed by atoms with E-state index in [1.807, 2.05) is 27.7 Å². The van der Waals surface area contributed by atoms with E-state index in [9.17, 15) is 17.6 Å². The number of anilines is 1. The van der Waals surface area contributed by atoms with Gasteiger partial charge in [-0.2, -0.15) is 4.31 Å². The SMILES string of the molecule is CC(C)CS(=O)(=O)N1CCc2cc(F)c(C(=O)Nc3cccc(-c4nnnn4C(C)C)n3)cc2C1. The van der Waals surface area contributed by atoms with Gasteiger partial charge < -0.3 is 5.32 Å². The third-order valence-corrected chi connectivity index (χ3v) is 7.84. The largest absolute Gasteiger partial charge is 0.306 e. The molecule has 1 aliphatic heterocycles. The zero-order chi connectivity index (χ0) is 25.3. The van der Waals surface area contributed by atoms with E-state index in [0.717, 1.165) is 0 Å². The second-order valence-corrected chi connectivity index (χ2v) is 11.3. The van der Waals surface area contributed by atoms with Gasteiger partial charge in [0.1, 0.15) is 17.3 Å². The average Bonchev–Trinajstić information content (AvgIpc) is 3.28. The van der Waals surface area contributed by atoms with E-state index >= 15 is 0 Å². The highest BCUT2D eigenvalue weighted by molar-refractivity contribution is 7.89. The number of fused-ring (bicyclic) bond motifs is 1. The number of aromatic nitrogens is 5. The molecule has 1 amide bonds. The third kappa shape index (κ3) is 5.38. The Hall–Kier alpha value is -3.25. The van der Waals surface area contributed by atoms with E-state index in [1.54, 1.807) is 22.9 Å². The van der Waals surface area contributed by atoms with Gasteiger partial charge in [0.2, 0.25) is 15.8 Å². The second kappa shape index (κ2) is 9.78. The summed E-state index contributed by atoms with van der Waals surface area (Å²) in [5.41, 5.74) is 1.60.